The maximum absolute atomic E-state index is 15.4. The first-order valence-electron chi connectivity index (χ1n) is 11.8. The zero-order valence-electron chi connectivity index (χ0n) is 20.6. The van der Waals surface area contributed by atoms with Gasteiger partial charge < -0.3 is 18.6 Å². The van der Waals surface area contributed by atoms with E-state index in [0.29, 0.717) is 47.2 Å². The first-order valence-corrected chi connectivity index (χ1v) is 11.8. The summed E-state index contributed by atoms with van der Waals surface area (Å²) in [7, 11) is 0. The second-order valence-corrected chi connectivity index (χ2v) is 10.2. The third kappa shape index (κ3) is 4.19. The minimum atomic E-state index is -0.635. The Kier molecular flexibility index (Phi) is 5.55. The molecule has 36 heavy (non-hydrogen) atoms. The lowest BCUT2D eigenvalue weighted by atomic mass is 10.0. The molecule has 0 radical (unpaired) electrons. The molecule has 4 heterocycles. The third-order valence-corrected chi connectivity index (χ3v) is 6.32. The number of nitriles is 1. The maximum atomic E-state index is 15.4. The first kappa shape index (κ1) is 23.5. The Bertz CT molecular complexity index is 1620. The molecule has 0 saturated carbocycles. The van der Waals surface area contributed by atoms with Crippen LogP contribution in [0.25, 0.3) is 27.5 Å². The number of halogens is 1. The molecule has 1 aromatic carbocycles. The third-order valence-electron chi connectivity index (χ3n) is 6.32. The molecular weight excluding hydrogens is 461 g/mol. The Morgan fingerprint density at radius 3 is 2.72 bits per heavy atom. The monoisotopic (exact) mass is 487 g/mol. The van der Waals surface area contributed by atoms with Gasteiger partial charge in [0, 0.05) is 31.7 Å². The van der Waals surface area contributed by atoms with Crippen molar-refractivity contribution in [2.45, 2.75) is 45.8 Å². The van der Waals surface area contributed by atoms with Crippen LogP contribution in [0.15, 0.2) is 47.7 Å². The molecule has 1 saturated heterocycles. The number of rotatable bonds is 2. The summed E-state index contributed by atoms with van der Waals surface area (Å²) in [5, 5.41) is 10.0. The lowest BCUT2D eigenvalue weighted by Crippen LogP contribution is -2.36. The van der Waals surface area contributed by atoms with Gasteiger partial charge in [-0.05, 0) is 74.9 Å². The lowest BCUT2D eigenvalue weighted by molar-refractivity contribution is 0.0289. The Morgan fingerprint density at radius 1 is 1.22 bits per heavy atom. The van der Waals surface area contributed by atoms with Gasteiger partial charge in [0.15, 0.2) is 5.65 Å². The highest BCUT2D eigenvalue weighted by atomic mass is 19.1. The zero-order chi connectivity index (χ0) is 25.8. The number of pyridine rings is 2. The van der Waals surface area contributed by atoms with Gasteiger partial charge in [0.1, 0.15) is 17.5 Å². The number of aryl methyl sites for hydroxylation is 1. The van der Waals surface area contributed by atoms with E-state index >= 15 is 4.39 Å². The number of likely N-dealkylation sites (tertiary alicyclic amines) is 1. The lowest BCUT2D eigenvalue weighted by Gasteiger charge is -2.24. The zero-order valence-corrected chi connectivity index (χ0v) is 20.6. The molecular formula is C27H26FN5O3. The number of amides is 1. The number of ether oxygens (including phenoxy) is 1. The molecule has 184 valence electrons. The first-order chi connectivity index (χ1) is 17.0. The van der Waals surface area contributed by atoms with Gasteiger partial charge in [-0.15, -0.1) is 0 Å². The van der Waals surface area contributed by atoms with Crippen LogP contribution in [-0.4, -0.2) is 43.6 Å². The number of hydrogen-bond donors (Lipinski definition) is 0. The average molecular weight is 488 g/mol. The van der Waals surface area contributed by atoms with Crippen molar-refractivity contribution >= 4 is 22.5 Å². The van der Waals surface area contributed by atoms with Crippen LogP contribution < -0.4 is 5.56 Å². The predicted octanol–water partition coefficient (Wildman–Crippen LogP) is 4.82. The molecule has 4 aromatic rings. The second-order valence-electron chi connectivity index (χ2n) is 10.2. The van der Waals surface area contributed by atoms with Crippen LogP contribution in [0.2, 0.25) is 0 Å². The fourth-order valence-electron chi connectivity index (χ4n) is 4.72. The molecule has 8 nitrogen and oxygen atoms in total. The fourth-order valence-corrected chi connectivity index (χ4v) is 4.72. The van der Waals surface area contributed by atoms with E-state index in [0.717, 1.165) is 5.69 Å². The predicted molar refractivity (Wildman–Crippen MR) is 133 cm³/mol. The van der Waals surface area contributed by atoms with Gasteiger partial charge in [-0.25, -0.2) is 14.2 Å². The summed E-state index contributed by atoms with van der Waals surface area (Å²) in [6, 6.07) is 8.34. The average Bonchev–Trinajstić information content (AvgIpc) is 3.43. The van der Waals surface area contributed by atoms with Gasteiger partial charge in [-0.3, -0.25) is 4.79 Å². The maximum Gasteiger partial charge on any atom is 0.410 e. The molecule has 1 aliphatic heterocycles. The van der Waals surface area contributed by atoms with Gasteiger partial charge >= 0.3 is 6.09 Å². The van der Waals surface area contributed by atoms with Crippen LogP contribution in [0.3, 0.4) is 0 Å². The summed E-state index contributed by atoms with van der Waals surface area (Å²) < 4.78 is 24.1. The minimum absolute atomic E-state index is 0.00275. The normalized spacial score (nSPS) is 16.0. The summed E-state index contributed by atoms with van der Waals surface area (Å²) in [4.78, 5) is 31.7. The molecule has 5 rings (SSSR count). The molecule has 0 spiro atoms. The van der Waals surface area contributed by atoms with Crippen molar-refractivity contribution in [3.8, 4) is 17.2 Å². The number of carbonyl (C=O) groups is 1. The van der Waals surface area contributed by atoms with E-state index in [4.69, 9.17) is 4.74 Å². The van der Waals surface area contributed by atoms with E-state index in [2.05, 4.69) is 11.1 Å². The van der Waals surface area contributed by atoms with E-state index in [-0.39, 0.29) is 11.4 Å². The van der Waals surface area contributed by atoms with Gasteiger partial charge in [0.25, 0.3) is 5.56 Å². The van der Waals surface area contributed by atoms with Crippen molar-refractivity contribution in [3.05, 3.63) is 70.3 Å². The topological polar surface area (TPSA) is 92.6 Å². The van der Waals surface area contributed by atoms with Crippen molar-refractivity contribution < 1.29 is 13.9 Å². The number of imidazole rings is 1. The van der Waals surface area contributed by atoms with E-state index in [1.54, 1.807) is 66.9 Å². The summed E-state index contributed by atoms with van der Waals surface area (Å²) in [5.41, 5.74) is 1.85. The van der Waals surface area contributed by atoms with Crippen molar-refractivity contribution in [1.82, 2.24) is 18.9 Å². The summed E-state index contributed by atoms with van der Waals surface area (Å²) >= 11 is 0. The summed E-state index contributed by atoms with van der Waals surface area (Å²) in [5.74, 6) is -0.635. The number of carbonyl (C=O) groups excluding carboxylic acids is 1. The standard InChI is InChI=1S/C27H26FN5O3/c1-16-13-32-14-20(10-19(12-29)24(32)30-16)18-9-17-5-8-33(25(34)23(17)22(28)11-18)21-6-7-31(15-21)26(35)36-27(2,3)4/h5,8-11,13-14,21H,6-7,15H2,1-4H3. The number of benzene rings is 1. The number of aromatic nitrogens is 3. The van der Waals surface area contributed by atoms with Gasteiger partial charge in [0.05, 0.1) is 22.7 Å². The molecule has 1 fully saturated rings. The van der Waals surface area contributed by atoms with Crippen molar-refractivity contribution in [2.75, 3.05) is 13.1 Å². The molecule has 0 N–H and O–H groups in total. The SMILES string of the molecule is Cc1cn2cc(-c3cc(F)c4c(=O)n(C5CCN(C(=O)OC(C)(C)C)C5)ccc4c3)cc(C#N)c2n1. The molecule has 1 atom stereocenters. The summed E-state index contributed by atoms with van der Waals surface area (Å²) in [6.07, 6.45) is 5.41. The largest absolute Gasteiger partial charge is 0.444 e. The Hall–Kier alpha value is -4.19. The molecule has 0 bridgehead atoms. The van der Waals surface area contributed by atoms with Crippen molar-refractivity contribution in [2.24, 2.45) is 0 Å². The van der Waals surface area contributed by atoms with Crippen LogP contribution in [0.1, 0.15) is 44.5 Å². The smallest absolute Gasteiger partial charge is 0.410 e. The van der Waals surface area contributed by atoms with E-state index in [1.807, 2.05) is 6.92 Å². The molecule has 0 aliphatic carbocycles. The highest BCUT2D eigenvalue weighted by molar-refractivity contribution is 5.87. The molecule has 1 amide bonds. The van der Waals surface area contributed by atoms with Crippen LogP contribution >= 0.6 is 0 Å². The van der Waals surface area contributed by atoms with Crippen LogP contribution in [0.5, 0.6) is 0 Å². The van der Waals surface area contributed by atoms with E-state index in [1.165, 1.54) is 10.6 Å². The highest BCUT2D eigenvalue weighted by Gasteiger charge is 2.31. The van der Waals surface area contributed by atoms with Crippen LogP contribution in [0, 0.1) is 24.1 Å². The quantitative estimate of drug-likeness (QED) is 0.404. The van der Waals surface area contributed by atoms with Crippen LogP contribution in [0.4, 0.5) is 9.18 Å². The van der Waals surface area contributed by atoms with Gasteiger partial charge in [0.2, 0.25) is 0 Å². The van der Waals surface area contributed by atoms with E-state index in [9.17, 15) is 14.9 Å². The van der Waals surface area contributed by atoms with Crippen molar-refractivity contribution in [1.29, 1.82) is 5.26 Å². The Balaban J connectivity index is 1.50. The van der Waals surface area contributed by atoms with E-state index < -0.39 is 23.1 Å². The molecule has 3 aromatic heterocycles. The number of nitrogens with zero attached hydrogens (tertiary/aromatic N) is 5. The Labute approximate surface area is 207 Å². The molecule has 1 aliphatic rings. The fraction of sp³-hybridized carbons (Fsp3) is 0.333. The molecule has 9 heteroatoms. The Morgan fingerprint density at radius 2 is 2.00 bits per heavy atom. The number of fused-ring (bicyclic) bond motifs is 2. The highest BCUT2D eigenvalue weighted by Crippen LogP contribution is 2.29. The minimum Gasteiger partial charge on any atom is -0.444 e. The van der Waals surface area contributed by atoms with Crippen LogP contribution in [-0.2, 0) is 4.74 Å². The second kappa shape index (κ2) is 8.48. The van der Waals surface area contributed by atoms with Gasteiger partial charge in [-0.1, -0.05) is 0 Å². The van der Waals surface area contributed by atoms with Crippen molar-refractivity contribution in [3.63, 3.8) is 0 Å². The van der Waals surface area contributed by atoms with Gasteiger partial charge in [-0.2, -0.15) is 5.26 Å². The molecule has 1 unspecified atom stereocenters. The summed E-state index contributed by atoms with van der Waals surface area (Å²) in [6.45, 7) is 8.03. The number of hydrogen-bond acceptors (Lipinski definition) is 5.